The van der Waals surface area contributed by atoms with Crippen molar-refractivity contribution in [1.29, 1.82) is 0 Å². The number of carbonyl (C=O) groups excluding carboxylic acids is 2. The Bertz CT molecular complexity index is 1500. The maximum atomic E-state index is 14.0. The van der Waals surface area contributed by atoms with Gasteiger partial charge >= 0.3 is 0 Å². The van der Waals surface area contributed by atoms with E-state index < -0.39 is 40.0 Å². The first-order valence-corrected chi connectivity index (χ1v) is 15.1. The molecule has 3 aromatic carbocycles. The van der Waals surface area contributed by atoms with Crippen molar-refractivity contribution in [2.24, 2.45) is 0 Å². The maximum absolute atomic E-state index is 14.0. The van der Waals surface area contributed by atoms with Crippen molar-refractivity contribution in [3.63, 3.8) is 0 Å². The number of nitrogens with one attached hydrogen (secondary N) is 1. The van der Waals surface area contributed by atoms with E-state index in [0.29, 0.717) is 15.6 Å². The van der Waals surface area contributed by atoms with Crippen LogP contribution in [0.2, 0.25) is 20.1 Å². The van der Waals surface area contributed by atoms with Gasteiger partial charge in [0.25, 0.3) is 10.0 Å². The second-order valence-corrected chi connectivity index (χ2v) is 13.6. The van der Waals surface area contributed by atoms with E-state index in [4.69, 9.17) is 46.4 Å². The van der Waals surface area contributed by atoms with Gasteiger partial charge in [-0.3, -0.25) is 13.9 Å². The van der Waals surface area contributed by atoms with Gasteiger partial charge in [0.2, 0.25) is 11.8 Å². The summed E-state index contributed by atoms with van der Waals surface area (Å²) in [5.41, 5.74) is 0.0884. The zero-order chi connectivity index (χ0) is 29.8. The minimum absolute atomic E-state index is 0.0281. The van der Waals surface area contributed by atoms with Crippen LogP contribution in [0.5, 0.6) is 0 Å². The van der Waals surface area contributed by atoms with Crippen molar-refractivity contribution in [2.45, 2.75) is 50.7 Å². The van der Waals surface area contributed by atoms with Crippen LogP contribution in [-0.2, 0) is 26.2 Å². The van der Waals surface area contributed by atoms with Gasteiger partial charge in [-0.2, -0.15) is 0 Å². The molecule has 12 heteroatoms. The monoisotopic (exact) mass is 643 g/mol. The molecule has 0 heterocycles. The second-order valence-electron chi connectivity index (χ2n) is 10.1. The molecular formula is C28H29Cl4N3O4S. The summed E-state index contributed by atoms with van der Waals surface area (Å²) in [5.74, 6) is -1.06. The second kappa shape index (κ2) is 13.0. The minimum Gasteiger partial charge on any atom is -0.350 e. The number of rotatable bonds is 9. The molecule has 0 aliphatic rings. The molecule has 0 bridgehead atoms. The normalized spacial score (nSPS) is 12.5. The zero-order valence-corrected chi connectivity index (χ0v) is 26.1. The quantitative estimate of drug-likeness (QED) is 0.277. The first-order valence-electron chi connectivity index (χ1n) is 12.2. The Labute approximate surface area is 255 Å². The van der Waals surface area contributed by atoms with Gasteiger partial charge in [0.1, 0.15) is 12.6 Å². The number of benzene rings is 3. The highest BCUT2D eigenvalue weighted by molar-refractivity contribution is 7.92. The van der Waals surface area contributed by atoms with E-state index in [1.54, 1.807) is 37.3 Å². The summed E-state index contributed by atoms with van der Waals surface area (Å²) in [6, 6.07) is 15.8. The molecule has 0 aliphatic carbocycles. The predicted molar refractivity (Wildman–Crippen MR) is 162 cm³/mol. The number of halogens is 4. The Morgan fingerprint density at radius 1 is 0.875 bits per heavy atom. The maximum Gasteiger partial charge on any atom is 0.264 e. The lowest BCUT2D eigenvalue weighted by atomic mass is 10.1. The molecule has 1 atom stereocenters. The van der Waals surface area contributed by atoms with Crippen LogP contribution in [0, 0.1) is 0 Å². The van der Waals surface area contributed by atoms with Crippen LogP contribution in [0.4, 0.5) is 5.69 Å². The number of carbonyl (C=O) groups is 2. The van der Waals surface area contributed by atoms with E-state index in [9.17, 15) is 18.0 Å². The Balaban J connectivity index is 2.07. The van der Waals surface area contributed by atoms with Crippen LogP contribution in [-0.4, -0.2) is 43.3 Å². The standard InChI is InChI=1S/C28H29Cl4N3O4S/c1-18(27(37)33-28(2,3)4)34(16-19-10-11-20(29)14-24(19)31)26(36)17-35(21-12-13-23(30)25(32)15-21)40(38,39)22-8-6-5-7-9-22/h5-15,18H,16-17H2,1-4H3,(H,33,37)/t18-/m0/s1. The van der Waals surface area contributed by atoms with E-state index in [0.717, 1.165) is 4.31 Å². The lowest BCUT2D eigenvalue weighted by molar-refractivity contribution is -0.140. The van der Waals surface area contributed by atoms with Gasteiger partial charge < -0.3 is 10.2 Å². The summed E-state index contributed by atoms with van der Waals surface area (Å²) in [4.78, 5) is 28.4. The van der Waals surface area contributed by atoms with E-state index in [2.05, 4.69) is 5.32 Å². The van der Waals surface area contributed by atoms with Gasteiger partial charge in [-0.15, -0.1) is 0 Å². The van der Waals surface area contributed by atoms with E-state index in [1.807, 2.05) is 20.8 Å². The highest BCUT2D eigenvalue weighted by Crippen LogP contribution is 2.31. The Hall–Kier alpha value is -2.49. The van der Waals surface area contributed by atoms with Crippen LogP contribution in [0.25, 0.3) is 0 Å². The fourth-order valence-corrected chi connectivity index (χ4v) is 5.97. The van der Waals surface area contributed by atoms with Crippen LogP contribution >= 0.6 is 46.4 Å². The third-order valence-corrected chi connectivity index (χ3v) is 8.94. The lowest BCUT2D eigenvalue weighted by Gasteiger charge is -2.33. The summed E-state index contributed by atoms with van der Waals surface area (Å²) in [7, 11) is -4.23. The zero-order valence-electron chi connectivity index (χ0n) is 22.3. The number of sulfonamides is 1. The van der Waals surface area contributed by atoms with Crippen molar-refractivity contribution >= 4 is 73.9 Å². The molecule has 0 unspecified atom stereocenters. The molecule has 0 aromatic heterocycles. The van der Waals surface area contributed by atoms with Crippen LogP contribution in [0.3, 0.4) is 0 Å². The SMILES string of the molecule is C[C@@H](C(=O)NC(C)(C)C)N(Cc1ccc(Cl)cc1Cl)C(=O)CN(c1ccc(Cl)c(Cl)c1)S(=O)(=O)c1ccccc1. The molecule has 0 radical (unpaired) electrons. The molecule has 0 aliphatic heterocycles. The van der Waals surface area contributed by atoms with Gasteiger partial charge in [0, 0.05) is 22.1 Å². The molecule has 214 valence electrons. The first kappa shape index (κ1) is 32.0. The molecule has 40 heavy (non-hydrogen) atoms. The van der Waals surface area contributed by atoms with Crippen molar-refractivity contribution in [3.8, 4) is 0 Å². The molecule has 0 saturated heterocycles. The van der Waals surface area contributed by atoms with Crippen molar-refractivity contribution < 1.29 is 18.0 Å². The molecule has 3 rings (SSSR count). The topological polar surface area (TPSA) is 86.8 Å². The smallest absolute Gasteiger partial charge is 0.264 e. The van der Waals surface area contributed by atoms with E-state index in [-0.39, 0.29) is 27.2 Å². The summed E-state index contributed by atoms with van der Waals surface area (Å²) in [6.45, 7) is 6.31. The van der Waals surface area contributed by atoms with Gasteiger partial charge in [-0.25, -0.2) is 8.42 Å². The molecule has 1 N–H and O–H groups in total. The first-order chi connectivity index (χ1) is 18.6. The van der Waals surface area contributed by atoms with Crippen molar-refractivity contribution in [2.75, 3.05) is 10.8 Å². The minimum atomic E-state index is -4.23. The molecule has 0 fully saturated rings. The lowest BCUT2D eigenvalue weighted by Crippen LogP contribution is -2.54. The predicted octanol–water partition coefficient (Wildman–Crippen LogP) is 6.83. The number of amides is 2. The fraction of sp³-hybridized carbons (Fsp3) is 0.286. The molecule has 0 saturated carbocycles. The third kappa shape index (κ3) is 8.04. The van der Waals surface area contributed by atoms with Gasteiger partial charge in [-0.05, 0) is 75.7 Å². The molecule has 2 amide bonds. The summed E-state index contributed by atoms with van der Waals surface area (Å²) >= 11 is 24.7. The Morgan fingerprint density at radius 3 is 2.10 bits per heavy atom. The molecular weight excluding hydrogens is 616 g/mol. The molecule has 3 aromatic rings. The van der Waals surface area contributed by atoms with E-state index >= 15 is 0 Å². The summed E-state index contributed by atoms with van der Waals surface area (Å²) in [6.07, 6.45) is 0. The number of hydrogen-bond donors (Lipinski definition) is 1. The largest absolute Gasteiger partial charge is 0.350 e. The summed E-state index contributed by atoms with van der Waals surface area (Å²) < 4.78 is 28.5. The number of nitrogens with zero attached hydrogens (tertiary/aromatic N) is 2. The van der Waals surface area contributed by atoms with Crippen LogP contribution in [0.15, 0.2) is 71.6 Å². The average molecular weight is 645 g/mol. The van der Waals surface area contributed by atoms with Crippen molar-refractivity contribution in [3.05, 3.63) is 92.4 Å². The highest BCUT2D eigenvalue weighted by Gasteiger charge is 2.33. The summed E-state index contributed by atoms with van der Waals surface area (Å²) in [5, 5.41) is 3.91. The highest BCUT2D eigenvalue weighted by atomic mass is 35.5. The average Bonchev–Trinajstić information content (AvgIpc) is 2.87. The van der Waals surface area contributed by atoms with E-state index in [1.165, 1.54) is 41.3 Å². The Morgan fingerprint density at radius 2 is 1.52 bits per heavy atom. The molecule has 0 spiro atoms. The van der Waals surface area contributed by atoms with Gasteiger partial charge in [0.05, 0.1) is 20.6 Å². The number of hydrogen-bond acceptors (Lipinski definition) is 4. The fourth-order valence-electron chi connectivity index (χ4n) is 3.78. The number of anilines is 1. The van der Waals surface area contributed by atoms with Crippen molar-refractivity contribution in [1.82, 2.24) is 10.2 Å². The molecule has 7 nitrogen and oxygen atoms in total. The third-order valence-electron chi connectivity index (χ3n) is 5.82. The van der Waals surface area contributed by atoms with Gasteiger partial charge in [-0.1, -0.05) is 70.7 Å². The van der Waals surface area contributed by atoms with Gasteiger partial charge in [0.15, 0.2) is 0 Å². The van der Waals surface area contributed by atoms with Crippen LogP contribution in [0.1, 0.15) is 33.3 Å². The Kier molecular flexibility index (Phi) is 10.4. The van der Waals surface area contributed by atoms with Crippen LogP contribution < -0.4 is 9.62 Å².